The predicted molar refractivity (Wildman–Crippen MR) is 58.1 cm³/mol. The molecule has 0 amide bonds. The number of hydrogen-bond acceptors (Lipinski definition) is 3. The molecule has 0 spiro atoms. The van der Waals surface area contributed by atoms with Crippen LogP contribution in [0, 0.1) is 4.77 Å². The third-order valence-electron chi connectivity index (χ3n) is 1.95. The van der Waals surface area contributed by atoms with E-state index >= 15 is 0 Å². The number of rotatable bonds is 3. The Morgan fingerprint density at radius 1 is 1.50 bits per heavy atom. The molecule has 6 heteroatoms. The van der Waals surface area contributed by atoms with Gasteiger partial charge < -0.3 is 9.97 Å². The van der Waals surface area contributed by atoms with Crippen LogP contribution in [0.1, 0.15) is 12.1 Å². The lowest BCUT2D eigenvalue weighted by molar-refractivity contribution is 0.884. The molecule has 0 aliphatic rings. The summed E-state index contributed by atoms with van der Waals surface area (Å²) in [6, 6.07) is 0. The number of imidazole rings is 1. The molecule has 0 saturated heterocycles. The second-order valence-corrected chi connectivity index (χ2v) is 3.68. The van der Waals surface area contributed by atoms with Crippen LogP contribution in [0.25, 0.3) is 11.2 Å². The molecule has 0 aromatic carbocycles. The molecular weight excluding hydrogens is 220 g/mol. The molecule has 0 unspecified atom stereocenters. The molecule has 0 atom stereocenters. The Balaban J connectivity index is 2.50. The lowest BCUT2D eigenvalue weighted by atomic mass is 10.2. The smallest absolute Gasteiger partial charge is 0.199 e. The van der Waals surface area contributed by atoms with Gasteiger partial charge in [0.1, 0.15) is 5.52 Å². The zero-order chi connectivity index (χ0) is 9.97. The van der Waals surface area contributed by atoms with Gasteiger partial charge in [-0.3, -0.25) is 0 Å². The summed E-state index contributed by atoms with van der Waals surface area (Å²) in [5.41, 5.74) is 2.61. The van der Waals surface area contributed by atoms with E-state index in [1.165, 1.54) is 0 Å². The van der Waals surface area contributed by atoms with Gasteiger partial charge in [0.25, 0.3) is 0 Å². The van der Waals surface area contributed by atoms with Gasteiger partial charge >= 0.3 is 0 Å². The number of alkyl halides is 1. The molecule has 2 aromatic rings. The van der Waals surface area contributed by atoms with Crippen molar-refractivity contribution in [2.75, 3.05) is 5.88 Å². The summed E-state index contributed by atoms with van der Waals surface area (Å²) in [4.78, 5) is 14.2. The Morgan fingerprint density at radius 2 is 2.36 bits per heavy atom. The van der Waals surface area contributed by atoms with Gasteiger partial charge in [-0.1, -0.05) is 0 Å². The average Bonchev–Trinajstić information content (AvgIpc) is 2.61. The minimum Gasteiger partial charge on any atom is -0.342 e. The average molecular weight is 229 g/mol. The van der Waals surface area contributed by atoms with E-state index in [0.717, 1.165) is 24.1 Å². The summed E-state index contributed by atoms with van der Waals surface area (Å²) in [5.74, 6) is 0.637. The fraction of sp³-hybridized carbons (Fsp3) is 0.375. The van der Waals surface area contributed by atoms with Crippen molar-refractivity contribution in [1.82, 2.24) is 19.9 Å². The molecule has 0 saturated carbocycles. The van der Waals surface area contributed by atoms with Crippen LogP contribution in [-0.2, 0) is 6.42 Å². The van der Waals surface area contributed by atoms with Crippen LogP contribution in [0.4, 0.5) is 0 Å². The van der Waals surface area contributed by atoms with Gasteiger partial charge in [-0.05, 0) is 25.1 Å². The van der Waals surface area contributed by atoms with Crippen molar-refractivity contribution < 1.29 is 0 Å². The number of aryl methyl sites for hydroxylation is 1. The quantitative estimate of drug-likeness (QED) is 0.626. The summed E-state index contributed by atoms with van der Waals surface area (Å²) in [7, 11) is 0. The minimum atomic E-state index is 0.467. The summed E-state index contributed by atoms with van der Waals surface area (Å²) in [5, 5.41) is 0. The Bertz CT molecular complexity index is 489. The van der Waals surface area contributed by atoms with E-state index in [4.69, 9.17) is 23.8 Å². The summed E-state index contributed by atoms with van der Waals surface area (Å²) < 4.78 is 0.467. The molecule has 14 heavy (non-hydrogen) atoms. The van der Waals surface area contributed by atoms with Crippen LogP contribution in [0.3, 0.4) is 0 Å². The summed E-state index contributed by atoms with van der Waals surface area (Å²) >= 11 is 10.6. The van der Waals surface area contributed by atoms with Crippen molar-refractivity contribution in [2.24, 2.45) is 0 Å². The van der Waals surface area contributed by atoms with Crippen LogP contribution >= 0.6 is 23.8 Å². The Hall–Kier alpha value is -0.940. The number of nitrogens with zero attached hydrogens (tertiary/aromatic N) is 2. The molecule has 0 aliphatic heterocycles. The molecule has 2 N–H and O–H groups in total. The van der Waals surface area contributed by atoms with Crippen molar-refractivity contribution in [1.29, 1.82) is 0 Å². The summed E-state index contributed by atoms with van der Waals surface area (Å²) in [6.45, 7) is 0. The first kappa shape index (κ1) is 9.61. The second-order valence-electron chi connectivity index (χ2n) is 2.91. The number of aromatic amines is 2. The predicted octanol–water partition coefficient (Wildman–Crippen LogP) is 2.19. The minimum absolute atomic E-state index is 0.467. The zero-order valence-electron chi connectivity index (χ0n) is 7.38. The lowest BCUT2D eigenvalue weighted by Gasteiger charge is -2.00. The van der Waals surface area contributed by atoms with Gasteiger partial charge in [0.15, 0.2) is 10.4 Å². The SMILES string of the molecule is S=c1nc2nc[nH]c2c(CCCCl)[nH]1. The van der Waals surface area contributed by atoms with E-state index in [-0.39, 0.29) is 0 Å². The molecule has 4 nitrogen and oxygen atoms in total. The first-order chi connectivity index (χ1) is 6.81. The van der Waals surface area contributed by atoms with Gasteiger partial charge in [0.2, 0.25) is 0 Å². The number of H-pyrrole nitrogens is 2. The normalized spacial score (nSPS) is 10.9. The van der Waals surface area contributed by atoms with Crippen molar-refractivity contribution >= 4 is 35.0 Å². The zero-order valence-corrected chi connectivity index (χ0v) is 8.95. The third kappa shape index (κ3) is 1.78. The first-order valence-electron chi connectivity index (χ1n) is 4.29. The fourth-order valence-corrected chi connectivity index (χ4v) is 1.68. The number of hydrogen-bond donors (Lipinski definition) is 2. The standard InChI is InChI=1S/C8H9ClN4S/c9-3-1-2-5-6-7(11-4-10-6)13-8(14)12-5/h4H,1-3H2,(H2,10,11,12,13,14). The Labute approximate surface area is 90.7 Å². The highest BCUT2D eigenvalue weighted by Gasteiger charge is 2.04. The molecule has 74 valence electrons. The molecule has 2 rings (SSSR count). The fourth-order valence-electron chi connectivity index (χ4n) is 1.34. The number of halogens is 1. The maximum Gasteiger partial charge on any atom is 0.199 e. The highest BCUT2D eigenvalue weighted by atomic mass is 35.5. The lowest BCUT2D eigenvalue weighted by Crippen LogP contribution is -1.95. The van der Waals surface area contributed by atoms with Gasteiger partial charge in [0, 0.05) is 11.6 Å². The largest absolute Gasteiger partial charge is 0.342 e. The molecule has 0 bridgehead atoms. The van der Waals surface area contributed by atoms with Gasteiger partial charge in [-0.25, -0.2) is 4.98 Å². The summed E-state index contributed by atoms with van der Waals surface area (Å²) in [6.07, 6.45) is 3.38. The maximum absolute atomic E-state index is 5.63. The van der Waals surface area contributed by atoms with E-state index in [9.17, 15) is 0 Å². The highest BCUT2D eigenvalue weighted by Crippen LogP contribution is 2.11. The van der Waals surface area contributed by atoms with Crippen LogP contribution in [0.5, 0.6) is 0 Å². The topological polar surface area (TPSA) is 57.4 Å². The number of fused-ring (bicyclic) bond motifs is 1. The number of aromatic nitrogens is 4. The van der Waals surface area contributed by atoms with Crippen molar-refractivity contribution in [3.63, 3.8) is 0 Å². The van der Waals surface area contributed by atoms with Crippen molar-refractivity contribution in [3.8, 4) is 0 Å². The van der Waals surface area contributed by atoms with Crippen LogP contribution in [-0.4, -0.2) is 25.8 Å². The second kappa shape index (κ2) is 4.06. The maximum atomic E-state index is 5.63. The molecule has 0 aliphatic carbocycles. The van der Waals surface area contributed by atoms with Gasteiger partial charge in [-0.15, -0.1) is 11.6 Å². The first-order valence-corrected chi connectivity index (χ1v) is 5.24. The van der Waals surface area contributed by atoms with Crippen LogP contribution in [0.2, 0.25) is 0 Å². The van der Waals surface area contributed by atoms with Crippen molar-refractivity contribution in [3.05, 3.63) is 16.8 Å². The van der Waals surface area contributed by atoms with E-state index in [1.54, 1.807) is 6.33 Å². The molecular formula is C8H9ClN4S. The number of nitrogens with one attached hydrogen (secondary N) is 2. The van der Waals surface area contributed by atoms with Gasteiger partial charge in [0.05, 0.1) is 6.33 Å². The van der Waals surface area contributed by atoms with Crippen LogP contribution < -0.4 is 0 Å². The Morgan fingerprint density at radius 3 is 3.14 bits per heavy atom. The highest BCUT2D eigenvalue weighted by molar-refractivity contribution is 7.71. The molecule has 0 fully saturated rings. The van der Waals surface area contributed by atoms with E-state index in [2.05, 4.69) is 19.9 Å². The van der Waals surface area contributed by atoms with Crippen molar-refractivity contribution in [2.45, 2.75) is 12.8 Å². The third-order valence-corrected chi connectivity index (χ3v) is 2.41. The van der Waals surface area contributed by atoms with Crippen LogP contribution in [0.15, 0.2) is 6.33 Å². The molecule has 2 aromatic heterocycles. The van der Waals surface area contributed by atoms with Gasteiger partial charge in [-0.2, -0.15) is 4.98 Å². The molecule has 2 heterocycles. The monoisotopic (exact) mass is 228 g/mol. The molecule has 0 radical (unpaired) electrons. The van der Waals surface area contributed by atoms with E-state index in [1.807, 2.05) is 0 Å². The Kier molecular flexibility index (Phi) is 2.79. The van der Waals surface area contributed by atoms with E-state index < -0.39 is 0 Å². The van der Waals surface area contributed by atoms with E-state index in [0.29, 0.717) is 16.3 Å².